The molecule has 0 spiro atoms. The van der Waals surface area contributed by atoms with E-state index < -0.39 is 0 Å². The van der Waals surface area contributed by atoms with Crippen molar-refractivity contribution in [3.63, 3.8) is 0 Å². The molecule has 18 heavy (non-hydrogen) atoms. The number of nitrogens with two attached hydrogens (primary N) is 1. The van der Waals surface area contributed by atoms with Gasteiger partial charge in [0.25, 0.3) is 0 Å². The van der Waals surface area contributed by atoms with E-state index >= 15 is 0 Å². The van der Waals surface area contributed by atoms with Gasteiger partial charge in [0.2, 0.25) is 0 Å². The summed E-state index contributed by atoms with van der Waals surface area (Å²) >= 11 is 0. The van der Waals surface area contributed by atoms with E-state index in [1.807, 2.05) is 18.3 Å². The van der Waals surface area contributed by atoms with Crippen molar-refractivity contribution in [3.8, 4) is 0 Å². The average Bonchev–Trinajstić information content (AvgIpc) is 2.37. The van der Waals surface area contributed by atoms with Crippen LogP contribution in [0.25, 0.3) is 0 Å². The summed E-state index contributed by atoms with van der Waals surface area (Å²) in [5.41, 5.74) is 7.22. The van der Waals surface area contributed by atoms with Crippen molar-refractivity contribution >= 4 is 0 Å². The summed E-state index contributed by atoms with van der Waals surface area (Å²) in [6, 6.07) is 6.05. The third-order valence-electron chi connectivity index (χ3n) is 4.17. The minimum absolute atomic E-state index is 0.134. The largest absolute Gasteiger partial charge is 0.381 e. The Kier molecular flexibility index (Phi) is 4.32. The minimum atomic E-state index is 0.134. The van der Waals surface area contributed by atoms with Gasteiger partial charge >= 0.3 is 0 Å². The van der Waals surface area contributed by atoms with Crippen LogP contribution >= 0.6 is 0 Å². The van der Waals surface area contributed by atoms with Crippen molar-refractivity contribution in [2.24, 2.45) is 5.73 Å². The van der Waals surface area contributed by atoms with Crippen molar-refractivity contribution in [3.05, 3.63) is 30.1 Å². The van der Waals surface area contributed by atoms with Gasteiger partial charge in [0.05, 0.1) is 6.10 Å². The van der Waals surface area contributed by atoms with Gasteiger partial charge in [-0.2, -0.15) is 0 Å². The molecule has 0 saturated heterocycles. The first kappa shape index (κ1) is 13.5. The molecule has 0 bridgehead atoms. The summed E-state index contributed by atoms with van der Waals surface area (Å²) in [5.74, 6) is 0. The molecule has 1 fully saturated rings. The van der Waals surface area contributed by atoms with Crippen LogP contribution in [0.5, 0.6) is 0 Å². The fraction of sp³-hybridized carbons (Fsp3) is 0.643. The van der Waals surface area contributed by atoms with Crippen LogP contribution in [0, 0.1) is 0 Å². The molecule has 1 aromatic rings. The molecule has 0 aliphatic heterocycles. The van der Waals surface area contributed by atoms with E-state index in [2.05, 4.69) is 23.0 Å². The summed E-state index contributed by atoms with van der Waals surface area (Å²) in [4.78, 5) is 6.72. The average molecular weight is 249 g/mol. The van der Waals surface area contributed by atoms with Crippen LogP contribution < -0.4 is 5.73 Å². The van der Waals surface area contributed by atoms with Crippen LogP contribution in [0.1, 0.15) is 18.5 Å². The molecule has 1 aliphatic carbocycles. The van der Waals surface area contributed by atoms with Gasteiger partial charge in [0.15, 0.2) is 0 Å². The van der Waals surface area contributed by atoms with Gasteiger partial charge in [0, 0.05) is 44.0 Å². The Bertz CT molecular complexity index is 363. The Hall–Kier alpha value is -0.970. The van der Waals surface area contributed by atoms with E-state index in [9.17, 15) is 0 Å². The van der Waals surface area contributed by atoms with E-state index in [1.165, 1.54) is 0 Å². The van der Waals surface area contributed by atoms with E-state index in [4.69, 9.17) is 10.5 Å². The number of methoxy groups -OCH3 is 1. The quantitative estimate of drug-likeness (QED) is 0.819. The Morgan fingerprint density at radius 3 is 2.83 bits per heavy atom. The van der Waals surface area contributed by atoms with E-state index in [0.717, 1.165) is 31.5 Å². The highest BCUT2D eigenvalue weighted by atomic mass is 16.5. The summed E-state index contributed by atoms with van der Waals surface area (Å²) in [6.07, 6.45) is 5.28. The van der Waals surface area contributed by atoms with Crippen molar-refractivity contribution < 1.29 is 4.74 Å². The van der Waals surface area contributed by atoms with E-state index in [-0.39, 0.29) is 5.54 Å². The second kappa shape index (κ2) is 5.78. The van der Waals surface area contributed by atoms with E-state index in [0.29, 0.717) is 12.6 Å². The summed E-state index contributed by atoms with van der Waals surface area (Å²) in [5, 5.41) is 0. The van der Waals surface area contributed by atoms with Gasteiger partial charge in [-0.3, -0.25) is 9.88 Å². The highest BCUT2D eigenvalue weighted by Gasteiger charge is 2.46. The molecule has 1 saturated carbocycles. The second-order valence-corrected chi connectivity index (χ2v) is 5.19. The van der Waals surface area contributed by atoms with Gasteiger partial charge in [-0.05, 0) is 32.0 Å². The first-order chi connectivity index (χ1) is 8.70. The zero-order valence-corrected chi connectivity index (χ0v) is 11.3. The Morgan fingerprint density at radius 1 is 1.50 bits per heavy atom. The SMILES string of the molecule is COC1CC(CN)(N(C)CCc2ccccn2)C1. The molecule has 0 atom stereocenters. The maximum atomic E-state index is 5.94. The number of ether oxygens (including phenoxy) is 1. The molecule has 2 rings (SSSR count). The van der Waals surface area contributed by atoms with Gasteiger partial charge in [0.1, 0.15) is 0 Å². The molecular formula is C14H23N3O. The second-order valence-electron chi connectivity index (χ2n) is 5.19. The van der Waals surface area contributed by atoms with E-state index in [1.54, 1.807) is 7.11 Å². The lowest BCUT2D eigenvalue weighted by molar-refractivity contribution is -0.0778. The Morgan fingerprint density at radius 2 is 2.28 bits per heavy atom. The molecule has 0 aromatic carbocycles. The predicted molar refractivity (Wildman–Crippen MR) is 72.4 cm³/mol. The van der Waals surface area contributed by atoms with Crippen LogP contribution in [0.15, 0.2) is 24.4 Å². The number of likely N-dealkylation sites (N-methyl/N-ethyl adjacent to an activating group) is 1. The molecule has 1 heterocycles. The molecule has 100 valence electrons. The lowest BCUT2D eigenvalue weighted by Crippen LogP contribution is -2.63. The maximum absolute atomic E-state index is 5.94. The molecule has 4 heteroatoms. The molecular weight excluding hydrogens is 226 g/mol. The molecule has 4 nitrogen and oxygen atoms in total. The highest BCUT2D eigenvalue weighted by molar-refractivity contribution is 5.07. The monoisotopic (exact) mass is 249 g/mol. The maximum Gasteiger partial charge on any atom is 0.0607 e. The van der Waals surface area contributed by atoms with Gasteiger partial charge < -0.3 is 10.5 Å². The molecule has 2 N–H and O–H groups in total. The van der Waals surface area contributed by atoms with Crippen molar-refractivity contribution in [2.75, 3.05) is 27.2 Å². The number of hydrogen-bond donors (Lipinski definition) is 1. The number of aromatic nitrogens is 1. The third kappa shape index (κ3) is 2.71. The van der Waals surface area contributed by atoms with Crippen LogP contribution in [0.2, 0.25) is 0 Å². The molecule has 1 aromatic heterocycles. The fourth-order valence-electron chi connectivity index (χ4n) is 2.65. The lowest BCUT2D eigenvalue weighted by atomic mass is 9.73. The van der Waals surface area contributed by atoms with Crippen LogP contribution in [0.4, 0.5) is 0 Å². The van der Waals surface area contributed by atoms with Crippen molar-refractivity contribution in [2.45, 2.75) is 30.9 Å². The molecule has 1 aliphatic rings. The minimum Gasteiger partial charge on any atom is -0.381 e. The van der Waals surface area contributed by atoms with Gasteiger partial charge in [-0.15, -0.1) is 0 Å². The van der Waals surface area contributed by atoms with Crippen molar-refractivity contribution in [1.82, 2.24) is 9.88 Å². The first-order valence-electron chi connectivity index (χ1n) is 6.54. The predicted octanol–water partition coefficient (Wildman–Crippen LogP) is 1.06. The topological polar surface area (TPSA) is 51.4 Å². The zero-order chi connectivity index (χ0) is 13.0. The smallest absolute Gasteiger partial charge is 0.0607 e. The van der Waals surface area contributed by atoms with Crippen LogP contribution in [-0.4, -0.2) is 48.8 Å². The summed E-state index contributed by atoms with van der Waals surface area (Å²) < 4.78 is 5.36. The third-order valence-corrected chi connectivity index (χ3v) is 4.17. The van der Waals surface area contributed by atoms with Crippen LogP contribution in [0.3, 0.4) is 0 Å². The number of rotatable bonds is 6. The fourth-order valence-corrected chi connectivity index (χ4v) is 2.65. The van der Waals surface area contributed by atoms with Crippen molar-refractivity contribution in [1.29, 1.82) is 0 Å². The standard InChI is InChI=1S/C14H23N3O/c1-17(8-6-12-5-3-4-7-16-12)14(11-15)9-13(10-14)18-2/h3-5,7,13H,6,8-11,15H2,1-2H3. The zero-order valence-electron chi connectivity index (χ0n) is 11.3. The molecule has 0 radical (unpaired) electrons. The number of pyridine rings is 1. The lowest BCUT2D eigenvalue weighted by Gasteiger charge is -2.52. The number of hydrogen-bond acceptors (Lipinski definition) is 4. The molecule has 0 unspecified atom stereocenters. The Labute approximate surface area is 109 Å². The first-order valence-corrected chi connectivity index (χ1v) is 6.54. The highest BCUT2D eigenvalue weighted by Crippen LogP contribution is 2.37. The number of nitrogens with zero attached hydrogens (tertiary/aromatic N) is 2. The molecule has 0 amide bonds. The van der Waals surface area contributed by atoms with Gasteiger partial charge in [-0.25, -0.2) is 0 Å². The summed E-state index contributed by atoms with van der Waals surface area (Å²) in [6.45, 7) is 1.69. The summed E-state index contributed by atoms with van der Waals surface area (Å²) in [7, 11) is 3.93. The Balaban J connectivity index is 1.86. The normalized spacial score (nSPS) is 27.2. The van der Waals surface area contributed by atoms with Crippen LogP contribution in [-0.2, 0) is 11.2 Å². The van der Waals surface area contributed by atoms with Gasteiger partial charge in [-0.1, -0.05) is 6.07 Å².